The molecule has 0 spiro atoms. The fraction of sp³-hybridized carbons (Fsp3) is 0.179. The number of benzene rings is 3. The molecule has 196 valence electrons. The van der Waals surface area contributed by atoms with Crippen molar-refractivity contribution in [1.29, 1.82) is 0 Å². The zero-order valence-corrected chi connectivity index (χ0v) is 20.1. The van der Waals surface area contributed by atoms with E-state index in [1.807, 2.05) is 6.92 Å². The Labute approximate surface area is 214 Å². The first-order valence-corrected chi connectivity index (χ1v) is 11.4. The van der Waals surface area contributed by atoms with Crippen molar-refractivity contribution in [2.24, 2.45) is 0 Å². The van der Waals surface area contributed by atoms with E-state index in [-0.39, 0.29) is 22.8 Å². The first kappa shape index (κ1) is 26.7. The van der Waals surface area contributed by atoms with Crippen LogP contribution in [-0.4, -0.2) is 28.8 Å². The van der Waals surface area contributed by atoms with Crippen LogP contribution in [0.25, 0.3) is 28.2 Å². The van der Waals surface area contributed by atoms with Crippen LogP contribution in [0.3, 0.4) is 0 Å². The van der Waals surface area contributed by atoms with E-state index in [2.05, 4.69) is 16.8 Å². The van der Waals surface area contributed by atoms with Crippen molar-refractivity contribution in [2.45, 2.75) is 25.9 Å². The van der Waals surface area contributed by atoms with E-state index >= 15 is 0 Å². The molecule has 0 saturated carbocycles. The van der Waals surface area contributed by atoms with Gasteiger partial charge in [-0.25, -0.2) is 0 Å². The number of Topliss-reactive ketones (excluding diaryl/α,β-unsaturated/α-hetero) is 1. The van der Waals surface area contributed by atoms with E-state index in [9.17, 15) is 26.7 Å². The topological polar surface area (TPSA) is 65.2 Å². The minimum absolute atomic E-state index is 0.0234. The predicted octanol–water partition coefficient (Wildman–Crippen LogP) is 7.74. The molecule has 4 rings (SSSR count). The lowest BCUT2D eigenvalue weighted by Gasteiger charge is -2.15. The molecule has 0 atom stereocenters. The van der Waals surface area contributed by atoms with E-state index < -0.39 is 30.9 Å². The van der Waals surface area contributed by atoms with Gasteiger partial charge in [-0.1, -0.05) is 56.0 Å². The quantitative estimate of drug-likeness (QED) is 0.126. The molecule has 0 saturated heterocycles. The van der Waals surface area contributed by atoms with Gasteiger partial charge in [0.25, 0.3) is 5.89 Å². The van der Waals surface area contributed by atoms with Crippen LogP contribution >= 0.6 is 0 Å². The molecule has 3 aromatic carbocycles. The molecule has 38 heavy (non-hydrogen) atoms. The van der Waals surface area contributed by atoms with Gasteiger partial charge >= 0.3 is 12.6 Å². The molecule has 1 heterocycles. The normalized spacial score (nSPS) is 11.6. The number of ether oxygens (including phenoxy) is 1. The lowest BCUT2D eigenvalue weighted by atomic mass is 9.88. The maximum Gasteiger partial charge on any atom is 0.422 e. The molecule has 1 aromatic heterocycles. The second-order valence-electron chi connectivity index (χ2n) is 8.26. The highest BCUT2D eigenvalue weighted by Gasteiger charge is 2.28. The Balaban J connectivity index is 1.68. The molecule has 0 amide bonds. The number of halogens is 5. The standard InChI is InChI=1S/C28H21F5N2O3/c1-3-17-11-12-19(26-34-35-27(38-26)25(29)30)14-23(17)24(36)16(2)21-9-4-5-10-22(21)18-7-6-8-20(13-18)37-15-28(31,32)33/h4-14,25H,2-3,15H2,1H3. The monoisotopic (exact) mass is 528 g/mol. The number of hydrogen-bond donors (Lipinski definition) is 0. The summed E-state index contributed by atoms with van der Waals surface area (Å²) in [6.07, 6.45) is -6.91. The number of nitrogens with zero attached hydrogens (tertiary/aromatic N) is 2. The van der Waals surface area contributed by atoms with Crippen LogP contribution in [0.5, 0.6) is 5.75 Å². The Bertz CT molecular complexity index is 1480. The Morgan fingerprint density at radius 3 is 2.42 bits per heavy atom. The number of carbonyl (C=O) groups is 1. The molecule has 5 nitrogen and oxygen atoms in total. The highest BCUT2D eigenvalue weighted by atomic mass is 19.4. The van der Waals surface area contributed by atoms with Crippen molar-refractivity contribution >= 4 is 11.4 Å². The summed E-state index contributed by atoms with van der Waals surface area (Å²) in [6, 6.07) is 17.7. The Morgan fingerprint density at radius 2 is 1.74 bits per heavy atom. The second kappa shape index (κ2) is 11.0. The Morgan fingerprint density at radius 1 is 0.974 bits per heavy atom. The predicted molar refractivity (Wildman–Crippen MR) is 131 cm³/mol. The summed E-state index contributed by atoms with van der Waals surface area (Å²) in [5, 5.41) is 6.98. The van der Waals surface area contributed by atoms with Gasteiger partial charge in [0.1, 0.15) is 5.75 Å². The average molecular weight is 528 g/mol. The van der Waals surface area contributed by atoms with E-state index in [0.717, 1.165) is 0 Å². The number of hydrogen-bond acceptors (Lipinski definition) is 5. The first-order chi connectivity index (χ1) is 18.1. The molecular formula is C28H21F5N2O3. The number of carbonyl (C=O) groups excluding carboxylic acids is 1. The van der Waals surface area contributed by atoms with Gasteiger partial charge in [0.05, 0.1) is 0 Å². The van der Waals surface area contributed by atoms with Crippen LogP contribution in [0, 0.1) is 0 Å². The molecule has 0 radical (unpaired) electrons. The molecule has 10 heteroatoms. The lowest BCUT2D eigenvalue weighted by Crippen LogP contribution is -2.19. The summed E-state index contributed by atoms with van der Waals surface area (Å²) < 4.78 is 73.5. The van der Waals surface area contributed by atoms with Crippen molar-refractivity contribution in [1.82, 2.24) is 10.2 Å². The van der Waals surface area contributed by atoms with E-state index in [1.54, 1.807) is 48.5 Å². The maximum atomic E-state index is 13.6. The van der Waals surface area contributed by atoms with E-state index in [0.29, 0.717) is 34.2 Å². The van der Waals surface area contributed by atoms with Gasteiger partial charge in [-0.3, -0.25) is 4.79 Å². The van der Waals surface area contributed by atoms with Crippen LogP contribution < -0.4 is 4.74 Å². The molecule has 0 fully saturated rings. The van der Waals surface area contributed by atoms with Crippen LogP contribution in [0.1, 0.15) is 40.7 Å². The highest BCUT2D eigenvalue weighted by Crippen LogP contribution is 2.34. The number of allylic oxidation sites excluding steroid dienone is 1. The van der Waals surface area contributed by atoms with Crippen molar-refractivity contribution in [3.63, 3.8) is 0 Å². The van der Waals surface area contributed by atoms with Gasteiger partial charge in [0.15, 0.2) is 12.4 Å². The Kier molecular flexibility index (Phi) is 7.70. The van der Waals surface area contributed by atoms with Gasteiger partial charge in [-0.15, -0.1) is 10.2 Å². The van der Waals surface area contributed by atoms with Crippen molar-refractivity contribution in [2.75, 3.05) is 6.61 Å². The van der Waals surface area contributed by atoms with Gasteiger partial charge in [0, 0.05) is 16.7 Å². The summed E-state index contributed by atoms with van der Waals surface area (Å²) in [6.45, 7) is 4.43. The Hall–Kier alpha value is -4.34. The minimum atomic E-state index is -4.48. The molecule has 0 bridgehead atoms. The average Bonchev–Trinajstić information content (AvgIpc) is 3.41. The van der Waals surface area contributed by atoms with Crippen LogP contribution in [0.15, 0.2) is 77.7 Å². The summed E-state index contributed by atoms with van der Waals surface area (Å²) in [7, 11) is 0. The smallest absolute Gasteiger partial charge is 0.422 e. The molecule has 0 aliphatic rings. The number of rotatable bonds is 9. The third kappa shape index (κ3) is 5.96. The molecule has 0 unspecified atom stereocenters. The number of aryl methyl sites for hydroxylation is 1. The summed E-state index contributed by atoms with van der Waals surface area (Å²) in [5.41, 5.74) is 2.96. The highest BCUT2D eigenvalue weighted by molar-refractivity contribution is 6.30. The number of alkyl halides is 5. The third-order valence-corrected chi connectivity index (χ3v) is 5.68. The summed E-state index contributed by atoms with van der Waals surface area (Å²) in [4.78, 5) is 13.6. The van der Waals surface area contributed by atoms with Gasteiger partial charge in [0.2, 0.25) is 5.89 Å². The molecule has 0 N–H and O–H groups in total. The molecule has 0 aliphatic heterocycles. The van der Waals surface area contributed by atoms with Gasteiger partial charge < -0.3 is 9.15 Å². The van der Waals surface area contributed by atoms with Gasteiger partial charge in [-0.2, -0.15) is 22.0 Å². The molecular weight excluding hydrogens is 507 g/mol. The second-order valence-corrected chi connectivity index (χ2v) is 8.26. The van der Waals surface area contributed by atoms with Gasteiger partial charge in [-0.05, 0) is 52.9 Å². The maximum absolute atomic E-state index is 13.6. The van der Waals surface area contributed by atoms with E-state index in [4.69, 9.17) is 9.15 Å². The lowest BCUT2D eigenvalue weighted by molar-refractivity contribution is -0.153. The fourth-order valence-electron chi connectivity index (χ4n) is 3.87. The SMILES string of the molecule is C=C(C(=O)c1cc(-c2nnc(C(F)F)o2)ccc1CC)c1ccccc1-c1cccc(OCC(F)(F)F)c1. The fourth-order valence-corrected chi connectivity index (χ4v) is 3.87. The van der Waals surface area contributed by atoms with Crippen LogP contribution in [-0.2, 0) is 6.42 Å². The minimum Gasteiger partial charge on any atom is -0.484 e. The molecule has 0 aliphatic carbocycles. The van der Waals surface area contributed by atoms with Crippen LogP contribution in [0.4, 0.5) is 22.0 Å². The first-order valence-electron chi connectivity index (χ1n) is 11.4. The van der Waals surface area contributed by atoms with Crippen molar-refractivity contribution < 1.29 is 35.9 Å². The van der Waals surface area contributed by atoms with E-state index in [1.165, 1.54) is 18.2 Å². The van der Waals surface area contributed by atoms with Crippen LogP contribution in [0.2, 0.25) is 0 Å². The molecule has 4 aromatic rings. The zero-order valence-electron chi connectivity index (χ0n) is 20.1. The number of ketones is 1. The van der Waals surface area contributed by atoms with Crippen molar-refractivity contribution in [3.8, 4) is 28.3 Å². The summed E-state index contributed by atoms with van der Waals surface area (Å²) in [5.74, 6) is -1.38. The summed E-state index contributed by atoms with van der Waals surface area (Å²) >= 11 is 0. The number of aromatic nitrogens is 2. The third-order valence-electron chi connectivity index (χ3n) is 5.68. The zero-order chi connectivity index (χ0) is 27.4. The largest absolute Gasteiger partial charge is 0.484 e. The van der Waals surface area contributed by atoms with Crippen molar-refractivity contribution in [3.05, 3.63) is 95.9 Å².